The second-order valence-corrected chi connectivity index (χ2v) is 7.22. The summed E-state index contributed by atoms with van der Waals surface area (Å²) >= 11 is 0. The molecule has 2 aromatic rings. The number of nitriles is 2. The maximum atomic E-state index is 9.83. The summed E-state index contributed by atoms with van der Waals surface area (Å²) in [6.45, 7) is 1.77. The minimum Gasteiger partial charge on any atom is -0.445 e. The Labute approximate surface area is 180 Å². The first-order chi connectivity index (χ1) is 15.0. The van der Waals surface area contributed by atoms with Crippen molar-refractivity contribution in [3.05, 3.63) is 118 Å². The first kappa shape index (κ1) is 19.9. The van der Waals surface area contributed by atoms with Gasteiger partial charge in [-0.1, -0.05) is 60.7 Å². The minimum atomic E-state index is -0.487. The highest BCUT2D eigenvalue weighted by molar-refractivity contribution is 5.56. The summed E-state index contributed by atoms with van der Waals surface area (Å²) in [6.07, 6.45) is 1.85. The lowest BCUT2D eigenvalue weighted by Gasteiger charge is -2.31. The molecule has 2 aromatic carbocycles. The van der Waals surface area contributed by atoms with Gasteiger partial charge in [-0.05, 0) is 24.1 Å². The molecule has 0 saturated heterocycles. The Morgan fingerprint density at radius 2 is 1.32 bits per heavy atom. The van der Waals surface area contributed by atoms with Crippen LogP contribution >= 0.6 is 0 Å². The molecule has 4 rings (SSSR count). The van der Waals surface area contributed by atoms with Crippen molar-refractivity contribution in [3.8, 4) is 12.1 Å². The van der Waals surface area contributed by atoms with Gasteiger partial charge in [0, 0.05) is 11.5 Å². The molecule has 2 unspecified atom stereocenters. The van der Waals surface area contributed by atoms with Crippen LogP contribution in [0, 0.1) is 22.7 Å². The van der Waals surface area contributed by atoms with Crippen molar-refractivity contribution in [2.45, 2.75) is 18.8 Å². The first-order valence-corrected chi connectivity index (χ1v) is 9.73. The quantitative estimate of drug-likeness (QED) is 0.787. The SMILES string of the molecule is CC1=C(C2=CC(c3ccccc3)C(C#N)=C(N)O2)C(c2ccccc2)C(C#N)=C(N)O1. The molecule has 0 aliphatic carbocycles. The number of hydrogen-bond donors (Lipinski definition) is 2. The highest BCUT2D eigenvalue weighted by Crippen LogP contribution is 2.45. The highest BCUT2D eigenvalue weighted by atomic mass is 16.5. The van der Waals surface area contributed by atoms with Gasteiger partial charge in [0.25, 0.3) is 0 Å². The molecule has 0 radical (unpaired) electrons. The molecule has 6 heteroatoms. The number of rotatable bonds is 3. The number of nitrogens with zero attached hydrogens (tertiary/aromatic N) is 2. The van der Waals surface area contributed by atoms with Gasteiger partial charge in [0.1, 0.15) is 34.8 Å². The van der Waals surface area contributed by atoms with Crippen LogP contribution in [0.1, 0.15) is 29.9 Å². The molecule has 2 aliphatic rings. The summed E-state index contributed by atoms with van der Waals surface area (Å²) in [6, 6.07) is 23.5. The van der Waals surface area contributed by atoms with Crippen LogP contribution in [0.15, 0.2) is 107 Å². The second-order valence-electron chi connectivity index (χ2n) is 7.22. The molecule has 0 amide bonds. The normalized spacial score (nSPS) is 20.9. The Hall–Kier alpha value is -4.42. The molecule has 6 nitrogen and oxygen atoms in total. The number of nitrogens with two attached hydrogens (primary N) is 2. The second kappa shape index (κ2) is 8.14. The van der Waals surface area contributed by atoms with E-state index >= 15 is 0 Å². The first-order valence-electron chi connectivity index (χ1n) is 9.73. The monoisotopic (exact) mass is 408 g/mol. The lowest BCUT2D eigenvalue weighted by molar-refractivity contribution is 0.254. The number of benzene rings is 2. The van der Waals surface area contributed by atoms with Crippen molar-refractivity contribution < 1.29 is 9.47 Å². The van der Waals surface area contributed by atoms with Gasteiger partial charge in [-0.3, -0.25) is 0 Å². The largest absolute Gasteiger partial charge is 0.445 e. The summed E-state index contributed by atoms with van der Waals surface area (Å²) in [7, 11) is 0. The lowest BCUT2D eigenvalue weighted by Crippen LogP contribution is -2.24. The Kier molecular flexibility index (Phi) is 5.22. The fourth-order valence-corrected chi connectivity index (χ4v) is 3.97. The van der Waals surface area contributed by atoms with Gasteiger partial charge in [-0.25, -0.2) is 0 Å². The van der Waals surface area contributed by atoms with Crippen LogP contribution in [0.25, 0.3) is 0 Å². The zero-order valence-electron chi connectivity index (χ0n) is 16.9. The van der Waals surface area contributed by atoms with Crippen LogP contribution < -0.4 is 11.5 Å². The number of ether oxygens (including phenoxy) is 2. The van der Waals surface area contributed by atoms with E-state index in [1.165, 1.54) is 0 Å². The topological polar surface area (TPSA) is 118 Å². The highest BCUT2D eigenvalue weighted by Gasteiger charge is 2.37. The molecular formula is C25H20N4O2. The van der Waals surface area contributed by atoms with Crippen molar-refractivity contribution in [1.29, 1.82) is 10.5 Å². The Balaban J connectivity index is 1.89. The van der Waals surface area contributed by atoms with Gasteiger partial charge in [0.05, 0.1) is 5.92 Å². The van der Waals surface area contributed by atoms with Gasteiger partial charge >= 0.3 is 0 Å². The summed E-state index contributed by atoms with van der Waals surface area (Å²) in [5.41, 5.74) is 15.3. The predicted molar refractivity (Wildman–Crippen MR) is 115 cm³/mol. The van der Waals surface area contributed by atoms with E-state index in [-0.39, 0.29) is 17.7 Å². The zero-order valence-corrected chi connectivity index (χ0v) is 16.9. The predicted octanol–water partition coefficient (Wildman–Crippen LogP) is 4.16. The van der Waals surface area contributed by atoms with Gasteiger partial charge in [-0.15, -0.1) is 0 Å². The molecule has 0 aromatic heterocycles. The molecule has 152 valence electrons. The van der Waals surface area contributed by atoms with E-state index in [1.807, 2.05) is 66.7 Å². The van der Waals surface area contributed by atoms with Crippen molar-refractivity contribution in [2.75, 3.05) is 0 Å². The Morgan fingerprint density at radius 1 is 0.774 bits per heavy atom. The standard InChI is InChI=1S/C25H20N4O2/c1-15-22(23(17-10-6-3-7-11-17)20(14-27)25(29)30-15)21-12-18(16-8-4-2-5-9-16)19(13-26)24(28)31-21/h2-12,18,23H,28-29H2,1H3. The van der Waals surface area contributed by atoms with E-state index in [9.17, 15) is 10.5 Å². The van der Waals surface area contributed by atoms with Crippen LogP contribution in [-0.4, -0.2) is 0 Å². The van der Waals surface area contributed by atoms with Crippen LogP contribution in [-0.2, 0) is 9.47 Å². The van der Waals surface area contributed by atoms with Gasteiger partial charge in [0.15, 0.2) is 0 Å². The smallest absolute Gasteiger partial charge is 0.205 e. The van der Waals surface area contributed by atoms with E-state index in [2.05, 4.69) is 12.1 Å². The summed E-state index contributed by atoms with van der Waals surface area (Å²) in [5, 5.41) is 19.5. The average molecular weight is 408 g/mol. The van der Waals surface area contributed by atoms with Gasteiger partial charge in [-0.2, -0.15) is 10.5 Å². The molecule has 4 N–H and O–H groups in total. The molecule has 2 atom stereocenters. The Morgan fingerprint density at radius 3 is 1.90 bits per heavy atom. The van der Waals surface area contributed by atoms with E-state index < -0.39 is 5.92 Å². The molecular weight excluding hydrogens is 388 g/mol. The summed E-state index contributed by atoms with van der Waals surface area (Å²) in [5.74, 6) is 0.171. The maximum absolute atomic E-state index is 9.83. The summed E-state index contributed by atoms with van der Waals surface area (Å²) < 4.78 is 11.6. The van der Waals surface area contributed by atoms with Gasteiger partial charge < -0.3 is 20.9 Å². The fraction of sp³-hybridized carbons (Fsp3) is 0.120. The van der Waals surface area contributed by atoms with Crippen molar-refractivity contribution >= 4 is 0 Å². The third-order valence-electron chi connectivity index (χ3n) is 5.40. The van der Waals surface area contributed by atoms with Crippen molar-refractivity contribution in [3.63, 3.8) is 0 Å². The van der Waals surface area contributed by atoms with Crippen molar-refractivity contribution in [2.24, 2.45) is 11.5 Å². The lowest BCUT2D eigenvalue weighted by atomic mass is 9.80. The summed E-state index contributed by atoms with van der Waals surface area (Å²) in [4.78, 5) is 0. The molecule has 0 saturated carbocycles. The Bertz CT molecular complexity index is 1230. The average Bonchev–Trinajstić information content (AvgIpc) is 2.79. The van der Waals surface area contributed by atoms with Crippen LogP contribution in [0.3, 0.4) is 0 Å². The zero-order chi connectivity index (χ0) is 22.0. The fourth-order valence-electron chi connectivity index (χ4n) is 3.97. The third-order valence-corrected chi connectivity index (χ3v) is 5.40. The van der Waals surface area contributed by atoms with E-state index in [0.717, 1.165) is 11.1 Å². The molecule has 2 heterocycles. The van der Waals surface area contributed by atoms with E-state index in [0.29, 0.717) is 28.2 Å². The van der Waals surface area contributed by atoms with Crippen molar-refractivity contribution in [1.82, 2.24) is 0 Å². The number of hydrogen-bond acceptors (Lipinski definition) is 6. The number of allylic oxidation sites excluding steroid dienone is 5. The third kappa shape index (κ3) is 3.52. The molecule has 0 spiro atoms. The minimum absolute atomic E-state index is 0.0296. The molecule has 0 bridgehead atoms. The molecule has 31 heavy (non-hydrogen) atoms. The van der Waals surface area contributed by atoms with E-state index in [1.54, 1.807) is 6.92 Å². The van der Waals surface area contributed by atoms with E-state index in [4.69, 9.17) is 20.9 Å². The molecule has 0 fully saturated rings. The molecule has 2 aliphatic heterocycles. The maximum Gasteiger partial charge on any atom is 0.205 e. The van der Waals surface area contributed by atoms with Crippen LogP contribution in [0.2, 0.25) is 0 Å². The van der Waals surface area contributed by atoms with Gasteiger partial charge in [0.2, 0.25) is 11.8 Å². The van der Waals surface area contributed by atoms with Crippen LogP contribution in [0.4, 0.5) is 0 Å². The van der Waals surface area contributed by atoms with Crippen LogP contribution in [0.5, 0.6) is 0 Å².